The van der Waals surface area contributed by atoms with Crippen LogP contribution in [0.1, 0.15) is 59.3 Å². The number of nitrogens with two attached hydrogens (primary N) is 1. The molecular weight excluding hydrogens is 252 g/mol. The third-order valence-electron chi connectivity index (χ3n) is 5.02. The second-order valence-corrected chi connectivity index (χ2v) is 7.52. The summed E-state index contributed by atoms with van der Waals surface area (Å²) in [7, 11) is 0. The van der Waals surface area contributed by atoms with Crippen molar-refractivity contribution >= 4 is 6.09 Å². The summed E-state index contributed by atoms with van der Waals surface area (Å²) in [6.45, 7) is 8.20. The summed E-state index contributed by atoms with van der Waals surface area (Å²) < 4.78 is 5.45. The lowest BCUT2D eigenvalue weighted by Gasteiger charge is -2.42. The molecule has 2 fully saturated rings. The Bertz CT molecular complexity index is 335. The van der Waals surface area contributed by atoms with Crippen LogP contribution in [0.25, 0.3) is 0 Å². The molecular formula is C16H30N2O2. The second-order valence-electron chi connectivity index (χ2n) is 7.52. The number of rotatable bonds is 2. The number of amides is 1. The predicted octanol–water partition coefficient (Wildman–Crippen LogP) is 3.15. The topological polar surface area (TPSA) is 55.6 Å². The van der Waals surface area contributed by atoms with E-state index < -0.39 is 5.60 Å². The smallest absolute Gasteiger partial charge is 0.410 e. The van der Waals surface area contributed by atoms with Crippen LogP contribution in [0.5, 0.6) is 0 Å². The Morgan fingerprint density at radius 2 is 1.80 bits per heavy atom. The molecule has 1 aliphatic carbocycles. The van der Waals surface area contributed by atoms with Crippen LogP contribution < -0.4 is 5.73 Å². The lowest BCUT2D eigenvalue weighted by atomic mass is 9.69. The highest BCUT2D eigenvalue weighted by Crippen LogP contribution is 2.47. The van der Waals surface area contributed by atoms with Crippen LogP contribution >= 0.6 is 0 Å². The molecule has 1 aliphatic heterocycles. The number of ether oxygens (including phenoxy) is 1. The van der Waals surface area contributed by atoms with Gasteiger partial charge in [0.2, 0.25) is 0 Å². The Kier molecular flexibility index (Phi) is 4.62. The molecule has 0 bridgehead atoms. The van der Waals surface area contributed by atoms with Crippen LogP contribution in [0.15, 0.2) is 0 Å². The average molecular weight is 282 g/mol. The molecule has 1 amide bonds. The molecule has 2 aliphatic rings. The van der Waals surface area contributed by atoms with Gasteiger partial charge < -0.3 is 15.4 Å². The molecule has 4 heteroatoms. The first-order valence-electron chi connectivity index (χ1n) is 8.04. The monoisotopic (exact) mass is 282 g/mol. The first-order chi connectivity index (χ1) is 9.36. The highest BCUT2D eigenvalue weighted by atomic mass is 16.6. The molecule has 0 radical (unpaired) electrons. The molecule has 2 N–H and O–H groups in total. The fraction of sp³-hybridized carbons (Fsp3) is 0.938. The molecule has 0 spiro atoms. The van der Waals surface area contributed by atoms with Crippen molar-refractivity contribution < 1.29 is 9.53 Å². The Balaban J connectivity index is 1.87. The molecule has 0 aromatic heterocycles. The first kappa shape index (κ1) is 15.6. The Morgan fingerprint density at radius 1 is 1.25 bits per heavy atom. The summed E-state index contributed by atoms with van der Waals surface area (Å²) in [6.07, 6.45) is 7.20. The molecule has 116 valence electrons. The van der Waals surface area contributed by atoms with Gasteiger partial charge in [0, 0.05) is 13.1 Å². The van der Waals surface area contributed by atoms with E-state index >= 15 is 0 Å². The predicted molar refractivity (Wildman–Crippen MR) is 80.5 cm³/mol. The highest BCUT2D eigenvalue weighted by Gasteiger charge is 2.42. The third kappa shape index (κ3) is 3.46. The number of hydrogen-bond acceptors (Lipinski definition) is 3. The second kappa shape index (κ2) is 5.92. The van der Waals surface area contributed by atoms with Gasteiger partial charge in [-0.1, -0.05) is 12.8 Å². The van der Waals surface area contributed by atoms with Gasteiger partial charge in [-0.2, -0.15) is 0 Å². The standard InChI is InChI=1S/C16H30N2O2/c1-15(2,3)20-14(19)18-10-6-13(7-11-18)16(12-17)8-4-5-9-16/h13H,4-12,17H2,1-3H3. The van der Waals surface area contributed by atoms with Crippen molar-refractivity contribution in [3.63, 3.8) is 0 Å². The molecule has 0 aromatic rings. The van der Waals surface area contributed by atoms with Crippen LogP contribution in [0.3, 0.4) is 0 Å². The lowest BCUT2D eigenvalue weighted by molar-refractivity contribution is 0.00993. The van der Waals surface area contributed by atoms with Crippen molar-refractivity contribution in [2.75, 3.05) is 19.6 Å². The number of nitrogens with zero attached hydrogens (tertiary/aromatic N) is 1. The van der Waals surface area contributed by atoms with Crippen LogP contribution in [0, 0.1) is 11.3 Å². The number of carbonyl (C=O) groups excluding carboxylic acids is 1. The van der Waals surface area contributed by atoms with Crippen molar-refractivity contribution in [2.24, 2.45) is 17.1 Å². The quantitative estimate of drug-likeness (QED) is 0.846. The Morgan fingerprint density at radius 3 is 2.25 bits per heavy atom. The van der Waals surface area contributed by atoms with E-state index in [4.69, 9.17) is 10.5 Å². The van der Waals surface area contributed by atoms with Crippen molar-refractivity contribution in [1.29, 1.82) is 0 Å². The Labute approximate surface area is 123 Å². The Hall–Kier alpha value is -0.770. The average Bonchev–Trinajstić information content (AvgIpc) is 2.87. The lowest BCUT2D eigenvalue weighted by Crippen LogP contribution is -2.46. The van der Waals surface area contributed by atoms with Gasteiger partial charge in [0.05, 0.1) is 0 Å². The van der Waals surface area contributed by atoms with Crippen molar-refractivity contribution in [3.05, 3.63) is 0 Å². The van der Waals surface area contributed by atoms with Gasteiger partial charge in [-0.25, -0.2) is 4.79 Å². The van der Waals surface area contributed by atoms with Gasteiger partial charge >= 0.3 is 6.09 Å². The molecule has 1 saturated heterocycles. The number of hydrogen-bond donors (Lipinski definition) is 1. The SMILES string of the molecule is CC(C)(C)OC(=O)N1CCC(C2(CN)CCCC2)CC1. The largest absolute Gasteiger partial charge is 0.444 e. The zero-order chi connectivity index (χ0) is 14.8. The summed E-state index contributed by atoms with van der Waals surface area (Å²) in [6, 6.07) is 0. The van der Waals surface area contributed by atoms with E-state index in [0.29, 0.717) is 11.3 Å². The minimum absolute atomic E-state index is 0.163. The molecule has 0 aromatic carbocycles. The number of piperidine rings is 1. The zero-order valence-corrected chi connectivity index (χ0v) is 13.3. The summed E-state index contributed by atoms with van der Waals surface area (Å²) in [5.41, 5.74) is 6.03. The van der Waals surface area contributed by atoms with Gasteiger partial charge in [0.25, 0.3) is 0 Å². The van der Waals surface area contributed by atoms with Crippen molar-refractivity contribution in [2.45, 2.75) is 64.9 Å². The van der Waals surface area contributed by atoms with Gasteiger partial charge in [-0.15, -0.1) is 0 Å². The highest BCUT2D eigenvalue weighted by molar-refractivity contribution is 5.68. The van der Waals surface area contributed by atoms with Crippen molar-refractivity contribution in [3.8, 4) is 0 Å². The van der Waals surface area contributed by atoms with E-state index in [-0.39, 0.29) is 6.09 Å². The maximum Gasteiger partial charge on any atom is 0.410 e. The van der Waals surface area contributed by atoms with E-state index in [2.05, 4.69) is 0 Å². The minimum atomic E-state index is -0.405. The maximum absolute atomic E-state index is 12.1. The van der Waals surface area contributed by atoms with E-state index in [1.54, 1.807) is 0 Å². The fourth-order valence-corrected chi connectivity index (χ4v) is 3.86. The molecule has 4 nitrogen and oxygen atoms in total. The van der Waals surface area contributed by atoms with E-state index in [0.717, 1.165) is 32.5 Å². The van der Waals surface area contributed by atoms with Gasteiger partial charge in [0.15, 0.2) is 0 Å². The van der Waals surface area contributed by atoms with Gasteiger partial charge in [-0.05, 0) is 64.3 Å². The van der Waals surface area contributed by atoms with Crippen molar-refractivity contribution in [1.82, 2.24) is 4.90 Å². The molecule has 1 saturated carbocycles. The fourth-order valence-electron chi connectivity index (χ4n) is 3.86. The van der Waals surface area contributed by atoms with Gasteiger partial charge in [0.1, 0.15) is 5.60 Å². The molecule has 2 rings (SSSR count). The van der Waals surface area contributed by atoms with Crippen LogP contribution in [-0.2, 0) is 4.74 Å². The minimum Gasteiger partial charge on any atom is -0.444 e. The van der Waals surface area contributed by atoms with E-state index in [9.17, 15) is 4.79 Å². The summed E-state index contributed by atoms with van der Waals surface area (Å²) >= 11 is 0. The first-order valence-corrected chi connectivity index (χ1v) is 8.04. The summed E-state index contributed by atoms with van der Waals surface area (Å²) in [5, 5.41) is 0. The van der Waals surface area contributed by atoms with Crippen LogP contribution in [0.4, 0.5) is 4.79 Å². The molecule has 1 heterocycles. The molecule has 0 atom stereocenters. The number of carbonyl (C=O) groups is 1. The third-order valence-corrected chi connectivity index (χ3v) is 5.02. The van der Waals surface area contributed by atoms with Gasteiger partial charge in [-0.3, -0.25) is 0 Å². The summed E-state index contributed by atoms with van der Waals surface area (Å²) in [4.78, 5) is 13.9. The zero-order valence-electron chi connectivity index (χ0n) is 13.3. The molecule has 20 heavy (non-hydrogen) atoms. The van der Waals surface area contributed by atoms with E-state index in [1.807, 2.05) is 25.7 Å². The van der Waals surface area contributed by atoms with Crippen LogP contribution in [0.2, 0.25) is 0 Å². The summed E-state index contributed by atoms with van der Waals surface area (Å²) in [5.74, 6) is 0.689. The number of likely N-dealkylation sites (tertiary alicyclic amines) is 1. The van der Waals surface area contributed by atoms with Crippen LogP contribution in [-0.4, -0.2) is 36.2 Å². The van der Waals surface area contributed by atoms with E-state index in [1.165, 1.54) is 25.7 Å². The normalized spacial score (nSPS) is 23.9. The maximum atomic E-state index is 12.1. The molecule has 0 unspecified atom stereocenters.